The van der Waals surface area contributed by atoms with Gasteiger partial charge in [0, 0.05) is 25.1 Å². The van der Waals surface area contributed by atoms with Gasteiger partial charge in [-0.1, -0.05) is 18.2 Å². The van der Waals surface area contributed by atoms with Crippen molar-refractivity contribution in [3.05, 3.63) is 59.9 Å². The van der Waals surface area contributed by atoms with E-state index < -0.39 is 21.7 Å². The summed E-state index contributed by atoms with van der Waals surface area (Å²) in [5.41, 5.74) is 1.01. The number of anilines is 1. The van der Waals surface area contributed by atoms with Crippen LogP contribution in [0.1, 0.15) is 18.4 Å². The van der Waals surface area contributed by atoms with Crippen LogP contribution in [0.4, 0.5) is 10.1 Å². The molecule has 4 N–H and O–H groups in total. The van der Waals surface area contributed by atoms with Gasteiger partial charge in [0.05, 0.1) is 4.90 Å². The van der Waals surface area contributed by atoms with Crippen molar-refractivity contribution in [1.82, 2.24) is 5.32 Å². The van der Waals surface area contributed by atoms with Gasteiger partial charge in [0.25, 0.3) is 0 Å². The normalized spacial score (nSPS) is 11.0. The molecule has 2 amide bonds. The number of nitrogens with one attached hydrogen (secondary N) is 2. The average molecular weight is 379 g/mol. The third-order valence-corrected chi connectivity index (χ3v) is 4.36. The van der Waals surface area contributed by atoms with E-state index in [1.807, 2.05) is 0 Å². The SMILES string of the molecule is NS(=O)(=O)c1ccc(CNC(=O)CCC(=O)Nc2cccc(F)c2)cc1. The summed E-state index contributed by atoms with van der Waals surface area (Å²) in [7, 11) is -3.75. The highest BCUT2D eigenvalue weighted by Gasteiger charge is 2.09. The number of sulfonamides is 1. The number of hydrogen-bond acceptors (Lipinski definition) is 4. The molecule has 0 radical (unpaired) electrons. The fourth-order valence-electron chi connectivity index (χ4n) is 2.10. The second-order valence-electron chi connectivity index (χ2n) is 5.52. The molecule has 0 aromatic heterocycles. The van der Waals surface area contributed by atoms with E-state index in [1.165, 1.54) is 42.5 Å². The van der Waals surface area contributed by atoms with Gasteiger partial charge in [-0.05, 0) is 35.9 Å². The number of halogens is 1. The van der Waals surface area contributed by atoms with E-state index >= 15 is 0 Å². The Hall–Kier alpha value is -2.78. The summed E-state index contributed by atoms with van der Waals surface area (Å²) in [5, 5.41) is 10.1. The molecule has 0 aliphatic rings. The number of primary sulfonamides is 1. The molecule has 138 valence electrons. The van der Waals surface area contributed by atoms with E-state index in [2.05, 4.69) is 10.6 Å². The van der Waals surface area contributed by atoms with Crippen LogP contribution in [0.5, 0.6) is 0 Å². The standard InChI is InChI=1S/C17H18FN3O4S/c18-13-2-1-3-14(10-13)21-17(23)9-8-16(22)20-11-12-4-6-15(7-5-12)26(19,24)25/h1-7,10H,8-9,11H2,(H,20,22)(H,21,23)(H2,19,24,25). The lowest BCUT2D eigenvalue weighted by molar-refractivity contribution is -0.124. The summed E-state index contributed by atoms with van der Waals surface area (Å²) >= 11 is 0. The minimum absolute atomic E-state index is 0.0124. The lowest BCUT2D eigenvalue weighted by atomic mass is 10.2. The fourth-order valence-corrected chi connectivity index (χ4v) is 2.62. The Kier molecular flexibility index (Phi) is 6.42. The summed E-state index contributed by atoms with van der Waals surface area (Å²) in [5.74, 6) is -1.20. The second kappa shape index (κ2) is 8.54. The molecule has 0 saturated heterocycles. The number of rotatable bonds is 7. The van der Waals surface area contributed by atoms with Gasteiger partial charge in [0.15, 0.2) is 0 Å². The summed E-state index contributed by atoms with van der Waals surface area (Å²) in [6, 6.07) is 11.2. The van der Waals surface area contributed by atoms with Gasteiger partial charge in [0.1, 0.15) is 5.82 Å². The van der Waals surface area contributed by atoms with Crippen LogP contribution in [-0.4, -0.2) is 20.2 Å². The van der Waals surface area contributed by atoms with Gasteiger partial charge < -0.3 is 10.6 Å². The Balaban J connectivity index is 1.75. The van der Waals surface area contributed by atoms with Gasteiger partial charge >= 0.3 is 0 Å². The van der Waals surface area contributed by atoms with E-state index in [4.69, 9.17) is 5.14 Å². The van der Waals surface area contributed by atoms with Crippen molar-refractivity contribution in [1.29, 1.82) is 0 Å². The van der Waals surface area contributed by atoms with Gasteiger partial charge in [-0.3, -0.25) is 9.59 Å². The molecule has 9 heteroatoms. The molecule has 0 aliphatic carbocycles. The van der Waals surface area contributed by atoms with Crippen LogP contribution in [0.3, 0.4) is 0 Å². The average Bonchev–Trinajstić information content (AvgIpc) is 2.58. The highest BCUT2D eigenvalue weighted by atomic mass is 32.2. The molecular weight excluding hydrogens is 361 g/mol. The molecule has 0 fully saturated rings. The molecule has 0 atom stereocenters. The van der Waals surface area contributed by atoms with Crippen molar-refractivity contribution in [3.8, 4) is 0 Å². The van der Waals surface area contributed by atoms with Gasteiger partial charge in [-0.25, -0.2) is 17.9 Å². The number of hydrogen-bond donors (Lipinski definition) is 3. The zero-order valence-electron chi connectivity index (χ0n) is 13.7. The van der Waals surface area contributed by atoms with Crippen LogP contribution in [0.15, 0.2) is 53.4 Å². The van der Waals surface area contributed by atoms with Crippen LogP contribution >= 0.6 is 0 Å². The Morgan fingerprint density at radius 1 is 1.00 bits per heavy atom. The maximum Gasteiger partial charge on any atom is 0.238 e. The lowest BCUT2D eigenvalue weighted by Crippen LogP contribution is -2.24. The van der Waals surface area contributed by atoms with Crippen molar-refractivity contribution in [2.24, 2.45) is 5.14 Å². The van der Waals surface area contributed by atoms with Crippen molar-refractivity contribution >= 4 is 27.5 Å². The first kappa shape index (κ1) is 19.5. The number of carbonyl (C=O) groups is 2. The molecule has 0 heterocycles. The van der Waals surface area contributed by atoms with Gasteiger partial charge in [-0.15, -0.1) is 0 Å². The number of carbonyl (C=O) groups excluding carboxylic acids is 2. The molecule has 0 aliphatic heterocycles. The number of amides is 2. The quantitative estimate of drug-likeness (QED) is 0.676. The summed E-state index contributed by atoms with van der Waals surface area (Å²) in [6.45, 7) is 0.190. The van der Waals surface area contributed by atoms with Crippen molar-refractivity contribution in [2.75, 3.05) is 5.32 Å². The van der Waals surface area contributed by atoms with E-state index in [9.17, 15) is 22.4 Å². The number of benzene rings is 2. The zero-order valence-corrected chi connectivity index (χ0v) is 14.6. The van der Waals surface area contributed by atoms with E-state index in [0.717, 1.165) is 0 Å². The largest absolute Gasteiger partial charge is 0.352 e. The lowest BCUT2D eigenvalue weighted by Gasteiger charge is -2.07. The fraction of sp³-hybridized carbons (Fsp3) is 0.176. The molecule has 0 unspecified atom stereocenters. The van der Waals surface area contributed by atoms with Crippen molar-refractivity contribution in [3.63, 3.8) is 0 Å². The Labute approximate surface area is 150 Å². The van der Waals surface area contributed by atoms with Crippen molar-refractivity contribution in [2.45, 2.75) is 24.3 Å². The van der Waals surface area contributed by atoms with E-state index in [-0.39, 0.29) is 30.2 Å². The summed E-state index contributed by atoms with van der Waals surface area (Å²) in [6.07, 6.45) is -0.0802. The van der Waals surface area contributed by atoms with Crippen LogP contribution in [0, 0.1) is 5.82 Å². The highest BCUT2D eigenvalue weighted by Crippen LogP contribution is 2.10. The predicted molar refractivity (Wildman–Crippen MR) is 93.9 cm³/mol. The maximum absolute atomic E-state index is 13.0. The molecule has 0 bridgehead atoms. The minimum atomic E-state index is -3.75. The minimum Gasteiger partial charge on any atom is -0.352 e. The second-order valence-corrected chi connectivity index (χ2v) is 7.09. The van der Waals surface area contributed by atoms with Crippen LogP contribution in [-0.2, 0) is 26.2 Å². The first-order valence-corrected chi connectivity index (χ1v) is 9.22. The van der Waals surface area contributed by atoms with Crippen molar-refractivity contribution < 1.29 is 22.4 Å². The van der Waals surface area contributed by atoms with Crippen LogP contribution < -0.4 is 15.8 Å². The molecule has 2 rings (SSSR count). The Bertz CT molecular complexity index is 898. The molecule has 2 aromatic carbocycles. The molecule has 2 aromatic rings. The molecule has 0 saturated carbocycles. The predicted octanol–water partition coefficient (Wildman–Crippen LogP) is 1.51. The molecule has 26 heavy (non-hydrogen) atoms. The smallest absolute Gasteiger partial charge is 0.238 e. The maximum atomic E-state index is 13.0. The highest BCUT2D eigenvalue weighted by molar-refractivity contribution is 7.89. The third kappa shape index (κ3) is 6.26. The van der Waals surface area contributed by atoms with Gasteiger partial charge in [0.2, 0.25) is 21.8 Å². The zero-order chi connectivity index (χ0) is 19.2. The molecular formula is C17H18FN3O4S. The first-order valence-electron chi connectivity index (χ1n) is 7.68. The Morgan fingerprint density at radius 3 is 2.27 bits per heavy atom. The van der Waals surface area contributed by atoms with Crippen LogP contribution in [0.25, 0.3) is 0 Å². The van der Waals surface area contributed by atoms with Gasteiger partial charge in [-0.2, -0.15) is 0 Å². The molecule has 7 nitrogen and oxygen atoms in total. The Morgan fingerprint density at radius 2 is 1.65 bits per heavy atom. The summed E-state index contributed by atoms with van der Waals surface area (Å²) in [4.78, 5) is 23.5. The summed E-state index contributed by atoms with van der Waals surface area (Å²) < 4.78 is 35.3. The van der Waals surface area contributed by atoms with Crippen LogP contribution in [0.2, 0.25) is 0 Å². The third-order valence-electron chi connectivity index (χ3n) is 3.43. The molecule has 0 spiro atoms. The topological polar surface area (TPSA) is 118 Å². The monoisotopic (exact) mass is 379 g/mol. The van der Waals surface area contributed by atoms with E-state index in [0.29, 0.717) is 11.3 Å². The first-order chi connectivity index (χ1) is 12.2. The van der Waals surface area contributed by atoms with E-state index in [1.54, 1.807) is 6.07 Å². The number of nitrogens with two attached hydrogens (primary N) is 1.